The maximum absolute atomic E-state index is 13.4. The summed E-state index contributed by atoms with van der Waals surface area (Å²) in [5.74, 6) is -1.03. The second-order valence-electron chi connectivity index (χ2n) is 6.32. The number of thiol groups is 1. The number of benzene rings is 2. The lowest BCUT2D eigenvalue weighted by molar-refractivity contribution is -0.0394. The minimum Gasteiger partial charge on any atom is -0.382 e. The molecule has 0 saturated carbocycles. The van der Waals surface area contributed by atoms with Crippen LogP contribution < -0.4 is 0 Å². The van der Waals surface area contributed by atoms with E-state index in [0.29, 0.717) is 12.0 Å². The summed E-state index contributed by atoms with van der Waals surface area (Å²) in [4.78, 5) is 0. The van der Waals surface area contributed by atoms with Gasteiger partial charge >= 0.3 is 0 Å². The summed E-state index contributed by atoms with van der Waals surface area (Å²) >= 11 is 4.58. The van der Waals surface area contributed by atoms with Gasteiger partial charge in [0.1, 0.15) is 22.6 Å². The first kappa shape index (κ1) is 18.5. The molecule has 0 aliphatic heterocycles. The molecular weight excluding hydrogens is 356 g/mol. The van der Waals surface area contributed by atoms with Crippen molar-refractivity contribution in [3.05, 3.63) is 83.7 Å². The first-order valence-corrected chi connectivity index (χ1v) is 8.69. The summed E-state index contributed by atoms with van der Waals surface area (Å²) < 4.78 is 28.0. The standard InChI is InChI=1S/C19H19F2N3OS/c1-13(12-14-2-6-16(20)7-3-14)19(25,15-4-8-17(21)9-5-15)18(26)24-11-10-22-23-24/h2-11,13,18,25-26H,12H2,1H3. The highest BCUT2D eigenvalue weighted by atomic mass is 32.1. The zero-order valence-corrected chi connectivity index (χ0v) is 15.0. The van der Waals surface area contributed by atoms with Crippen molar-refractivity contribution in [1.29, 1.82) is 0 Å². The summed E-state index contributed by atoms with van der Waals surface area (Å²) in [6, 6.07) is 11.8. The molecule has 1 aromatic heterocycles. The number of hydrogen-bond acceptors (Lipinski definition) is 4. The Kier molecular flexibility index (Phi) is 5.38. The van der Waals surface area contributed by atoms with Crippen molar-refractivity contribution in [2.45, 2.75) is 24.3 Å². The Labute approximate surface area is 155 Å². The van der Waals surface area contributed by atoms with Gasteiger partial charge < -0.3 is 5.11 Å². The summed E-state index contributed by atoms with van der Waals surface area (Å²) in [5, 5.41) is 18.6. The molecule has 3 rings (SSSR count). The summed E-state index contributed by atoms with van der Waals surface area (Å²) in [6.07, 6.45) is 3.58. The molecule has 26 heavy (non-hydrogen) atoms. The van der Waals surface area contributed by atoms with E-state index >= 15 is 0 Å². The zero-order chi connectivity index (χ0) is 18.7. The molecule has 1 heterocycles. The van der Waals surface area contributed by atoms with Crippen LogP contribution in [0.3, 0.4) is 0 Å². The van der Waals surface area contributed by atoms with Crippen LogP contribution in [-0.2, 0) is 12.0 Å². The molecule has 0 fully saturated rings. The third-order valence-electron chi connectivity index (χ3n) is 4.60. The molecule has 0 amide bonds. The van der Waals surface area contributed by atoms with Gasteiger partial charge in [-0.25, -0.2) is 13.5 Å². The maximum Gasteiger partial charge on any atom is 0.129 e. The average Bonchev–Trinajstić information content (AvgIpc) is 3.17. The Bertz CT molecular complexity index is 840. The van der Waals surface area contributed by atoms with Crippen LogP contribution in [0.25, 0.3) is 0 Å². The van der Waals surface area contributed by atoms with E-state index in [0.717, 1.165) is 5.56 Å². The number of aromatic nitrogens is 3. The van der Waals surface area contributed by atoms with E-state index in [4.69, 9.17) is 0 Å². The van der Waals surface area contributed by atoms with Gasteiger partial charge in [-0.2, -0.15) is 0 Å². The zero-order valence-electron chi connectivity index (χ0n) is 14.1. The van der Waals surface area contributed by atoms with E-state index in [1.54, 1.807) is 18.3 Å². The van der Waals surface area contributed by atoms with Gasteiger partial charge in [0, 0.05) is 6.20 Å². The van der Waals surface area contributed by atoms with Crippen LogP contribution in [0, 0.1) is 17.6 Å². The SMILES string of the molecule is CC(Cc1ccc(F)cc1)C(O)(c1ccc(F)cc1)C(S)n1ccnn1. The van der Waals surface area contributed by atoms with Crippen LogP contribution >= 0.6 is 12.6 Å². The highest BCUT2D eigenvalue weighted by Crippen LogP contribution is 2.43. The van der Waals surface area contributed by atoms with E-state index in [-0.39, 0.29) is 11.7 Å². The first-order valence-electron chi connectivity index (χ1n) is 8.18. The second kappa shape index (κ2) is 7.55. The first-order chi connectivity index (χ1) is 12.4. The normalized spacial score (nSPS) is 16.0. The number of halogens is 2. The fourth-order valence-electron chi connectivity index (χ4n) is 3.08. The van der Waals surface area contributed by atoms with Crippen LogP contribution in [0.2, 0.25) is 0 Å². The van der Waals surface area contributed by atoms with E-state index in [9.17, 15) is 13.9 Å². The summed E-state index contributed by atoms with van der Waals surface area (Å²) in [7, 11) is 0. The molecule has 0 aliphatic carbocycles. The monoisotopic (exact) mass is 375 g/mol. The van der Waals surface area contributed by atoms with Crippen LogP contribution in [0.15, 0.2) is 60.9 Å². The molecule has 7 heteroatoms. The van der Waals surface area contributed by atoms with Gasteiger partial charge in [0.25, 0.3) is 0 Å². The van der Waals surface area contributed by atoms with Gasteiger partial charge in [0.15, 0.2) is 0 Å². The van der Waals surface area contributed by atoms with Gasteiger partial charge in [-0.1, -0.05) is 36.4 Å². The number of rotatable bonds is 6. The lowest BCUT2D eigenvalue weighted by atomic mass is 9.78. The maximum atomic E-state index is 13.4. The number of aliphatic hydroxyl groups is 1. The predicted octanol–water partition coefficient (Wildman–Crippen LogP) is 3.75. The van der Waals surface area contributed by atoms with Crippen molar-refractivity contribution in [3.63, 3.8) is 0 Å². The average molecular weight is 375 g/mol. The lowest BCUT2D eigenvalue weighted by Crippen LogP contribution is -2.41. The molecule has 2 aromatic carbocycles. The van der Waals surface area contributed by atoms with Gasteiger partial charge in [-0.05, 0) is 47.7 Å². The number of nitrogens with zero attached hydrogens (tertiary/aromatic N) is 3. The largest absolute Gasteiger partial charge is 0.382 e. The van der Waals surface area contributed by atoms with Crippen molar-refractivity contribution >= 4 is 12.6 Å². The highest BCUT2D eigenvalue weighted by molar-refractivity contribution is 7.80. The summed E-state index contributed by atoms with van der Waals surface area (Å²) in [5.41, 5.74) is -0.0682. The second-order valence-corrected chi connectivity index (χ2v) is 6.81. The Hall–Kier alpha value is -2.25. The Morgan fingerprint density at radius 2 is 1.65 bits per heavy atom. The molecule has 136 valence electrons. The molecule has 1 N–H and O–H groups in total. The smallest absolute Gasteiger partial charge is 0.129 e. The van der Waals surface area contributed by atoms with Gasteiger partial charge in [0.05, 0.1) is 6.20 Å². The third kappa shape index (κ3) is 3.64. The van der Waals surface area contributed by atoms with Gasteiger partial charge in [0.2, 0.25) is 0 Å². The van der Waals surface area contributed by atoms with Crippen molar-refractivity contribution < 1.29 is 13.9 Å². The topological polar surface area (TPSA) is 50.9 Å². The lowest BCUT2D eigenvalue weighted by Gasteiger charge is -2.39. The van der Waals surface area contributed by atoms with E-state index in [1.165, 1.54) is 47.3 Å². The summed E-state index contributed by atoms with van der Waals surface area (Å²) in [6.45, 7) is 1.87. The van der Waals surface area contributed by atoms with Crippen LogP contribution in [0.4, 0.5) is 8.78 Å². The molecule has 0 radical (unpaired) electrons. The van der Waals surface area contributed by atoms with Crippen molar-refractivity contribution in [2.24, 2.45) is 5.92 Å². The molecular formula is C19H19F2N3OS. The van der Waals surface area contributed by atoms with E-state index in [2.05, 4.69) is 22.9 Å². The van der Waals surface area contributed by atoms with Crippen LogP contribution in [-0.4, -0.2) is 20.1 Å². The minimum atomic E-state index is -1.46. The third-order valence-corrected chi connectivity index (χ3v) is 5.23. The molecule has 0 bridgehead atoms. The fraction of sp³-hybridized carbons (Fsp3) is 0.263. The van der Waals surface area contributed by atoms with Gasteiger partial charge in [-0.3, -0.25) is 0 Å². The Morgan fingerprint density at radius 3 is 2.19 bits per heavy atom. The van der Waals surface area contributed by atoms with E-state index in [1.807, 2.05) is 6.92 Å². The Morgan fingerprint density at radius 1 is 1.08 bits per heavy atom. The molecule has 3 unspecified atom stereocenters. The van der Waals surface area contributed by atoms with Crippen molar-refractivity contribution in [2.75, 3.05) is 0 Å². The fourth-order valence-corrected chi connectivity index (χ4v) is 3.61. The molecule has 0 aliphatic rings. The van der Waals surface area contributed by atoms with Crippen LogP contribution in [0.5, 0.6) is 0 Å². The molecule has 0 spiro atoms. The van der Waals surface area contributed by atoms with Crippen LogP contribution in [0.1, 0.15) is 23.4 Å². The minimum absolute atomic E-state index is 0.315. The van der Waals surface area contributed by atoms with E-state index < -0.39 is 16.8 Å². The molecule has 4 nitrogen and oxygen atoms in total. The molecule has 3 aromatic rings. The highest BCUT2D eigenvalue weighted by Gasteiger charge is 2.43. The van der Waals surface area contributed by atoms with Crippen molar-refractivity contribution in [3.8, 4) is 0 Å². The quantitative estimate of drug-likeness (QED) is 0.645. The molecule has 0 saturated heterocycles. The van der Waals surface area contributed by atoms with Crippen molar-refractivity contribution in [1.82, 2.24) is 15.0 Å². The van der Waals surface area contributed by atoms with Gasteiger partial charge in [-0.15, -0.1) is 17.7 Å². The molecule has 3 atom stereocenters. The predicted molar refractivity (Wildman–Crippen MR) is 97.6 cm³/mol. The number of hydrogen-bond donors (Lipinski definition) is 2. The Balaban J connectivity index is 1.98.